The molecule has 0 bridgehead atoms. The fraction of sp³-hybridized carbons (Fsp3) is 0. The minimum Gasteiger partial charge on any atom is -0.382 e. The van der Waals surface area contributed by atoms with Crippen molar-refractivity contribution in [1.29, 1.82) is 0 Å². The van der Waals surface area contributed by atoms with Crippen LogP contribution in [-0.2, 0) is 0 Å². The smallest absolute Gasteiger partial charge is 0.190 e. The zero-order chi connectivity index (χ0) is 11.7. The predicted octanol–water partition coefficient (Wildman–Crippen LogP) is 1.37. The summed E-state index contributed by atoms with van der Waals surface area (Å²) in [6.45, 7) is 0. The Bertz CT molecular complexity index is 616. The summed E-state index contributed by atoms with van der Waals surface area (Å²) in [6.07, 6.45) is 6.82. The maximum Gasteiger partial charge on any atom is 0.190 e. The summed E-state index contributed by atoms with van der Waals surface area (Å²) < 4.78 is 1.63. The molecule has 0 fully saturated rings. The zero-order valence-corrected chi connectivity index (χ0v) is 9.50. The zero-order valence-electron chi connectivity index (χ0n) is 8.69. The molecule has 17 heavy (non-hydrogen) atoms. The minimum atomic E-state index is 0.383. The molecule has 0 unspecified atom stereocenters. The van der Waals surface area contributed by atoms with Crippen molar-refractivity contribution in [2.45, 2.75) is 0 Å². The Balaban J connectivity index is 2.06. The molecule has 0 aromatic carbocycles. The number of anilines is 1. The molecule has 0 radical (unpaired) electrons. The Labute approximate surface area is 101 Å². The van der Waals surface area contributed by atoms with Gasteiger partial charge in [-0.3, -0.25) is 0 Å². The normalized spacial score (nSPS) is 10.6. The van der Waals surface area contributed by atoms with E-state index in [1.165, 1.54) is 11.3 Å². The fourth-order valence-electron chi connectivity index (χ4n) is 1.41. The first-order valence-corrected chi connectivity index (χ1v) is 5.75. The van der Waals surface area contributed by atoms with Gasteiger partial charge in [0.1, 0.15) is 5.69 Å². The lowest BCUT2D eigenvalue weighted by atomic mass is 10.4. The molecule has 3 aromatic rings. The largest absolute Gasteiger partial charge is 0.382 e. The molecular weight excluding hydrogens is 236 g/mol. The highest BCUT2D eigenvalue weighted by atomic mass is 32.1. The Kier molecular flexibility index (Phi) is 2.30. The fourth-order valence-corrected chi connectivity index (χ4v) is 1.99. The van der Waals surface area contributed by atoms with E-state index in [2.05, 4.69) is 20.1 Å². The van der Waals surface area contributed by atoms with Crippen LogP contribution in [0.1, 0.15) is 0 Å². The van der Waals surface area contributed by atoms with Crippen LogP contribution in [0, 0.1) is 0 Å². The second kappa shape index (κ2) is 3.95. The highest BCUT2D eigenvalue weighted by Crippen LogP contribution is 2.20. The average Bonchev–Trinajstić information content (AvgIpc) is 3.02. The number of nitrogens with two attached hydrogens (primary N) is 1. The first-order valence-electron chi connectivity index (χ1n) is 4.87. The second-order valence-corrected chi connectivity index (χ2v) is 4.15. The van der Waals surface area contributed by atoms with Crippen molar-refractivity contribution in [3.8, 4) is 16.5 Å². The number of nitrogen functional groups attached to an aromatic ring is 1. The van der Waals surface area contributed by atoms with Crippen LogP contribution in [-0.4, -0.2) is 24.7 Å². The van der Waals surface area contributed by atoms with Crippen molar-refractivity contribution in [1.82, 2.24) is 24.7 Å². The van der Waals surface area contributed by atoms with E-state index >= 15 is 0 Å². The van der Waals surface area contributed by atoms with Crippen LogP contribution in [0.3, 0.4) is 0 Å². The topological polar surface area (TPSA) is 82.5 Å². The molecular formula is C10H8N6S. The van der Waals surface area contributed by atoms with Crippen molar-refractivity contribution in [3.63, 3.8) is 0 Å². The highest BCUT2D eigenvalue weighted by Gasteiger charge is 2.09. The van der Waals surface area contributed by atoms with Crippen molar-refractivity contribution >= 4 is 17.2 Å². The molecule has 2 N–H and O–H groups in total. The summed E-state index contributed by atoms with van der Waals surface area (Å²) in [5.74, 6) is 0.919. The van der Waals surface area contributed by atoms with Crippen LogP contribution < -0.4 is 5.73 Å². The Morgan fingerprint density at radius 3 is 2.82 bits per heavy atom. The molecule has 0 aliphatic heterocycles. The molecule has 7 heteroatoms. The molecule has 3 heterocycles. The van der Waals surface area contributed by atoms with Crippen molar-refractivity contribution in [2.24, 2.45) is 0 Å². The summed E-state index contributed by atoms with van der Waals surface area (Å²) in [7, 11) is 0. The quantitative estimate of drug-likeness (QED) is 0.736. The molecule has 3 aromatic heterocycles. The van der Waals surface area contributed by atoms with Gasteiger partial charge in [-0.25, -0.2) is 19.6 Å². The number of aromatic nitrogens is 5. The first kappa shape index (κ1) is 9.91. The van der Waals surface area contributed by atoms with Gasteiger partial charge in [-0.1, -0.05) is 0 Å². The van der Waals surface area contributed by atoms with Crippen molar-refractivity contribution in [2.75, 3.05) is 5.73 Å². The van der Waals surface area contributed by atoms with Crippen LogP contribution in [0.15, 0.2) is 36.2 Å². The number of rotatable bonds is 2. The van der Waals surface area contributed by atoms with E-state index in [0.29, 0.717) is 17.3 Å². The van der Waals surface area contributed by atoms with Gasteiger partial charge in [0.15, 0.2) is 16.6 Å². The minimum absolute atomic E-state index is 0.383. The molecule has 3 rings (SSSR count). The Hall–Kier alpha value is -2.28. The van der Waals surface area contributed by atoms with Crippen LogP contribution in [0.4, 0.5) is 5.82 Å². The van der Waals surface area contributed by atoms with Gasteiger partial charge in [0.2, 0.25) is 0 Å². The summed E-state index contributed by atoms with van der Waals surface area (Å²) in [4.78, 5) is 12.6. The maximum absolute atomic E-state index is 5.88. The lowest BCUT2D eigenvalue weighted by Crippen LogP contribution is -2.04. The maximum atomic E-state index is 5.88. The molecule has 84 valence electrons. The third kappa shape index (κ3) is 1.76. The van der Waals surface area contributed by atoms with E-state index in [9.17, 15) is 0 Å². The highest BCUT2D eigenvalue weighted by molar-refractivity contribution is 7.12. The summed E-state index contributed by atoms with van der Waals surface area (Å²) in [5, 5.41) is 6.71. The van der Waals surface area contributed by atoms with E-state index in [1.54, 1.807) is 29.5 Å². The number of hydrogen-bond acceptors (Lipinski definition) is 6. The predicted molar refractivity (Wildman–Crippen MR) is 64.7 cm³/mol. The van der Waals surface area contributed by atoms with Crippen LogP contribution >= 0.6 is 11.3 Å². The van der Waals surface area contributed by atoms with E-state index in [0.717, 1.165) is 5.01 Å². The van der Waals surface area contributed by atoms with E-state index < -0.39 is 0 Å². The second-order valence-electron chi connectivity index (χ2n) is 3.25. The molecule has 0 aliphatic carbocycles. The van der Waals surface area contributed by atoms with Gasteiger partial charge in [-0.2, -0.15) is 5.10 Å². The SMILES string of the molecule is Nc1nc(-c2nccs2)ncc1-n1cccn1. The summed E-state index contributed by atoms with van der Waals surface area (Å²) in [5.41, 5.74) is 6.55. The monoisotopic (exact) mass is 244 g/mol. The van der Waals surface area contributed by atoms with Gasteiger partial charge in [0.05, 0.1) is 6.20 Å². The third-order valence-corrected chi connectivity index (χ3v) is 2.94. The van der Waals surface area contributed by atoms with Gasteiger partial charge in [0, 0.05) is 24.0 Å². The van der Waals surface area contributed by atoms with E-state index in [1.807, 2.05) is 11.4 Å². The standard InChI is InChI=1S/C10H8N6S/c11-8-7(16-4-1-2-14-16)6-13-9(15-8)10-12-3-5-17-10/h1-6H,(H2,11,13,15). The van der Waals surface area contributed by atoms with E-state index in [-0.39, 0.29) is 0 Å². The lowest BCUT2D eigenvalue weighted by molar-refractivity contribution is 0.869. The molecule has 0 saturated carbocycles. The van der Waals surface area contributed by atoms with Crippen molar-refractivity contribution in [3.05, 3.63) is 36.2 Å². The van der Waals surface area contributed by atoms with E-state index in [4.69, 9.17) is 5.73 Å². The van der Waals surface area contributed by atoms with Gasteiger partial charge >= 0.3 is 0 Å². The van der Waals surface area contributed by atoms with Crippen LogP contribution in [0.5, 0.6) is 0 Å². The molecule has 6 nitrogen and oxygen atoms in total. The summed E-state index contributed by atoms with van der Waals surface area (Å²) in [6, 6.07) is 1.81. The molecule has 0 amide bonds. The van der Waals surface area contributed by atoms with Gasteiger partial charge in [-0.05, 0) is 6.07 Å². The number of hydrogen-bond donors (Lipinski definition) is 1. The number of nitrogens with zero attached hydrogens (tertiary/aromatic N) is 5. The molecule has 0 aliphatic rings. The van der Waals surface area contributed by atoms with Crippen LogP contribution in [0.25, 0.3) is 16.5 Å². The van der Waals surface area contributed by atoms with Gasteiger partial charge < -0.3 is 5.73 Å². The lowest BCUT2D eigenvalue weighted by Gasteiger charge is -2.04. The third-order valence-electron chi connectivity index (χ3n) is 2.17. The Morgan fingerprint density at radius 2 is 2.18 bits per heavy atom. The Morgan fingerprint density at radius 1 is 1.24 bits per heavy atom. The first-order chi connectivity index (χ1) is 8.34. The molecule has 0 saturated heterocycles. The molecule has 0 atom stereocenters. The number of thiazole rings is 1. The summed E-state index contributed by atoms with van der Waals surface area (Å²) >= 11 is 1.47. The average molecular weight is 244 g/mol. The van der Waals surface area contributed by atoms with Crippen molar-refractivity contribution < 1.29 is 0 Å². The van der Waals surface area contributed by atoms with Crippen LogP contribution in [0.2, 0.25) is 0 Å². The molecule has 0 spiro atoms. The van der Waals surface area contributed by atoms with Gasteiger partial charge in [0.25, 0.3) is 0 Å². The van der Waals surface area contributed by atoms with Gasteiger partial charge in [-0.15, -0.1) is 11.3 Å².